The zero-order chi connectivity index (χ0) is 10.1. The molecule has 5 nitrogen and oxygen atoms in total. The standard InChI is InChI=1S/C9H10N2O3/c1-2-5-3-4-6-7(10-5)11-9(13)14-8(6)12/h3-5,10H,2H2,1H3,(H,11,13). The minimum absolute atomic E-state index is 0.153. The van der Waals surface area contributed by atoms with Crippen molar-refractivity contribution in [2.45, 2.75) is 19.4 Å². The van der Waals surface area contributed by atoms with Crippen LogP contribution in [0, 0.1) is 0 Å². The van der Waals surface area contributed by atoms with Crippen LogP contribution in [0.15, 0.2) is 20.1 Å². The molecule has 1 atom stereocenters. The van der Waals surface area contributed by atoms with Crippen LogP contribution in [-0.4, -0.2) is 11.0 Å². The number of aromatic nitrogens is 1. The molecule has 0 amide bonds. The van der Waals surface area contributed by atoms with Gasteiger partial charge in [-0.05, 0) is 12.5 Å². The van der Waals surface area contributed by atoms with Gasteiger partial charge in [-0.3, -0.25) is 4.98 Å². The number of aromatic amines is 1. The number of nitrogens with one attached hydrogen (secondary N) is 2. The van der Waals surface area contributed by atoms with Crippen LogP contribution in [0.3, 0.4) is 0 Å². The summed E-state index contributed by atoms with van der Waals surface area (Å²) in [6.07, 6.45) is 4.43. The van der Waals surface area contributed by atoms with Crippen molar-refractivity contribution in [2.24, 2.45) is 0 Å². The Morgan fingerprint density at radius 1 is 1.50 bits per heavy atom. The van der Waals surface area contributed by atoms with Crippen molar-refractivity contribution in [3.63, 3.8) is 0 Å². The number of hydrogen-bond donors (Lipinski definition) is 2. The number of anilines is 1. The predicted molar refractivity (Wildman–Crippen MR) is 52.3 cm³/mol. The molecule has 1 aromatic rings. The van der Waals surface area contributed by atoms with Crippen molar-refractivity contribution >= 4 is 11.9 Å². The summed E-state index contributed by atoms with van der Waals surface area (Å²) in [4.78, 5) is 24.5. The van der Waals surface area contributed by atoms with Crippen LogP contribution in [0.25, 0.3) is 6.08 Å². The highest BCUT2D eigenvalue weighted by molar-refractivity contribution is 5.65. The molecule has 2 rings (SSSR count). The third-order valence-corrected chi connectivity index (χ3v) is 2.17. The smallest absolute Gasteiger partial charge is 0.372 e. The van der Waals surface area contributed by atoms with Crippen molar-refractivity contribution in [2.75, 3.05) is 5.32 Å². The molecule has 1 aliphatic rings. The van der Waals surface area contributed by atoms with Crippen LogP contribution in [0.1, 0.15) is 18.9 Å². The van der Waals surface area contributed by atoms with Gasteiger partial charge in [-0.25, -0.2) is 9.59 Å². The van der Waals surface area contributed by atoms with Crippen LogP contribution in [0.2, 0.25) is 0 Å². The maximum Gasteiger partial charge on any atom is 0.420 e. The lowest BCUT2D eigenvalue weighted by Crippen LogP contribution is -2.27. The molecule has 0 saturated heterocycles. The fourth-order valence-corrected chi connectivity index (χ4v) is 1.39. The average Bonchev–Trinajstić information content (AvgIpc) is 2.16. The molecule has 5 heteroatoms. The largest absolute Gasteiger partial charge is 0.420 e. The summed E-state index contributed by atoms with van der Waals surface area (Å²) in [5, 5.41) is 3.03. The van der Waals surface area contributed by atoms with Crippen molar-refractivity contribution in [1.29, 1.82) is 0 Å². The lowest BCUT2D eigenvalue weighted by atomic mass is 10.1. The third kappa shape index (κ3) is 1.37. The molecule has 0 radical (unpaired) electrons. The highest BCUT2D eigenvalue weighted by atomic mass is 16.4. The molecule has 0 spiro atoms. The Morgan fingerprint density at radius 2 is 2.29 bits per heavy atom. The van der Waals surface area contributed by atoms with E-state index in [0.717, 1.165) is 6.42 Å². The second kappa shape index (κ2) is 3.17. The second-order valence-corrected chi connectivity index (χ2v) is 3.11. The third-order valence-electron chi connectivity index (χ3n) is 2.17. The van der Waals surface area contributed by atoms with Gasteiger partial charge < -0.3 is 9.73 Å². The van der Waals surface area contributed by atoms with Gasteiger partial charge in [-0.2, -0.15) is 0 Å². The van der Waals surface area contributed by atoms with Gasteiger partial charge in [0, 0.05) is 6.04 Å². The van der Waals surface area contributed by atoms with Gasteiger partial charge in [0.05, 0.1) is 0 Å². The Hall–Kier alpha value is -1.78. The summed E-state index contributed by atoms with van der Waals surface area (Å²) in [7, 11) is 0. The first kappa shape index (κ1) is 8.80. The first-order valence-corrected chi connectivity index (χ1v) is 4.43. The van der Waals surface area contributed by atoms with Crippen molar-refractivity contribution in [3.05, 3.63) is 32.6 Å². The Balaban J connectivity index is 2.56. The monoisotopic (exact) mass is 194 g/mol. The molecule has 1 aliphatic heterocycles. The molecule has 0 bridgehead atoms. The highest BCUT2D eigenvalue weighted by Gasteiger charge is 2.15. The van der Waals surface area contributed by atoms with E-state index in [2.05, 4.69) is 14.7 Å². The maximum atomic E-state index is 11.2. The van der Waals surface area contributed by atoms with Crippen LogP contribution >= 0.6 is 0 Å². The minimum atomic E-state index is -0.730. The van der Waals surface area contributed by atoms with E-state index in [9.17, 15) is 9.59 Å². The molecule has 0 aromatic carbocycles. The molecule has 2 N–H and O–H groups in total. The molecule has 2 heterocycles. The Morgan fingerprint density at radius 3 is 3.00 bits per heavy atom. The van der Waals surface area contributed by atoms with Crippen molar-refractivity contribution < 1.29 is 4.42 Å². The van der Waals surface area contributed by atoms with E-state index >= 15 is 0 Å². The molecule has 14 heavy (non-hydrogen) atoms. The van der Waals surface area contributed by atoms with Crippen molar-refractivity contribution in [1.82, 2.24) is 4.98 Å². The topological polar surface area (TPSA) is 75.1 Å². The van der Waals surface area contributed by atoms with Crippen LogP contribution in [-0.2, 0) is 0 Å². The van der Waals surface area contributed by atoms with Gasteiger partial charge in [0.2, 0.25) is 0 Å². The molecular formula is C9H10N2O3. The molecule has 74 valence electrons. The van der Waals surface area contributed by atoms with E-state index in [0.29, 0.717) is 11.4 Å². The number of H-pyrrole nitrogens is 1. The number of rotatable bonds is 1. The van der Waals surface area contributed by atoms with Crippen LogP contribution < -0.4 is 16.7 Å². The zero-order valence-electron chi connectivity index (χ0n) is 7.66. The summed E-state index contributed by atoms with van der Waals surface area (Å²) in [6, 6.07) is 0.153. The summed E-state index contributed by atoms with van der Waals surface area (Å²) in [5.41, 5.74) is -0.239. The SMILES string of the molecule is CCC1C=Cc2c([nH]c(=O)oc2=O)N1. The molecule has 0 aliphatic carbocycles. The van der Waals surface area contributed by atoms with E-state index in [4.69, 9.17) is 0 Å². The van der Waals surface area contributed by atoms with E-state index in [1.165, 1.54) is 0 Å². The summed E-state index contributed by atoms with van der Waals surface area (Å²) < 4.78 is 4.39. The van der Waals surface area contributed by atoms with Crippen LogP contribution in [0.4, 0.5) is 5.82 Å². The van der Waals surface area contributed by atoms with Gasteiger partial charge in [0.15, 0.2) is 0 Å². The summed E-state index contributed by atoms with van der Waals surface area (Å²) in [6.45, 7) is 2.01. The van der Waals surface area contributed by atoms with Gasteiger partial charge in [0.25, 0.3) is 0 Å². The normalized spacial score (nSPS) is 18.8. The van der Waals surface area contributed by atoms with Crippen LogP contribution in [0.5, 0.6) is 0 Å². The van der Waals surface area contributed by atoms with E-state index in [-0.39, 0.29) is 6.04 Å². The Kier molecular flexibility index (Phi) is 1.99. The maximum absolute atomic E-state index is 11.2. The van der Waals surface area contributed by atoms with Gasteiger partial charge in [-0.15, -0.1) is 0 Å². The number of fused-ring (bicyclic) bond motifs is 1. The van der Waals surface area contributed by atoms with Crippen molar-refractivity contribution in [3.8, 4) is 0 Å². The zero-order valence-corrected chi connectivity index (χ0v) is 7.66. The second-order valence-electron chi connectivity index (χ2n) is 3.11. The molecule has 0 fully saturated rings. The number of hydrogen-bond acceptors (Lipinski definition) is 4. The van der Waals surface area contributed by atoms with Gasteiger partial charge in [-0.1, -0.05) is 13.0 Å². The van der Waals surface area contributed by atoms with Gasteiger partial charge in [0.1, 0.15) is 11.4 Å². The van der Waals surface area contributed by atoms with E-state index in [1.54, 1.807) is 6.08 Å². The Labute approximate surface area is 79.5 Å². The predicted octanol–water partition coefficient (Wildman–Crippen LogP) is 0.545. The Bertz CT molecular complexity index is 484. The lowest BCUT2D eigenvalue weighted by Gasteiger charge is -2.18. The summed E-state index contributed by atoms with van der Waals surface area (Å²) in [5.74, 6) is -0.285. The van der Waals surface area contributed by atoms with Gasteiger partial charge >= 0.3 is 11.4 Å². The first-order valence-electron chi connectivity index (χ1n) is 4.43. The fraction of sp³-hybridized carbons (Fsp3) is 0.333. The fourth-order valence-electron chi connectivity index (χ4n) is 1.39. The quantitative estimate of drug-likeness (QED) is 0.684. The van der Waals surface area contributed by atoms with E-state index in [1.807, 2.05) is 13.0 Å². The van der Waals surface area contributed by atoms with E-state index < -0.39 is 11.4 Å². The highest BCUT2D eigenvalue weighted by Crippen LogP contribution is 2.16. The average molecular weight is 194 g/mol. The first-order chi connectivity index (χ1) is 6.70. The lowest BCUT2D eigenvalue weighted by molar-refractivity contribution is 0.448. The molecule has 1 unspecified atom stereocenters. The summed E-state index contributed by atoms with van der Waals surface area (Å²) >= 11 is 0. The molecular weight excluding hydrogens is 184 g/mol. The molecule has 0 saturated carbocycles. The molecule has 1 aromatic heterocycles. The minimum Gasteiger partial charge on any atom is -0.372 e.